The van der Waals surface area contributed by atoms with E-state index in [1.807, 2.05) is 18.2 Å². The van der Waals surface area contributed by atoms with Gasteiger partial charge in [0.05, 0.1) is 29.9 Å². The van der Waals surface area contributed by atoms with Gasteiger partial charge in [0, 0.05) is 6.07 Å². The van der Waals surface area contributed by atoms with Crippen molar-refractivity contribution in [2.45, 2.75) is 24.8 Å². The molecular formula is C15H17N5O. The fourth-order valence-corrected chi connectivity index (χ4v) is 2.73. The molecule has 0 atom stereocenters. The van der Waals surface area contributed by atoms with Crippen LogP contribution >= 0.6 is 0 Å². The summed E-state index contributed by atoms with van der Waals surface area (Å²) in [7, 11) is 1.65. The minimum atomic E-state index is -0.284. The Bertz CT molecular complexity index is 799. The van der Waals surface area contributed by atoms with Crippen molar-refractivity contribution in [3.63, 3.8) is 0 Å². The smallest absolute Gasteiger partial charge is 0.156 e. The number of nitrogens with zero attached hydrogens (tertiary/aromatic N) is 2. The van der Waals surface area contributed by atoms with Crippen molar-refractivity contribution < 1.29 is 4.74 Å². The van der Waals surface area contributed by atoms with E-state index >= 15 is 0 Å². The molecule has 6 heteroatoms. The normalized spacial score (nSPS) is 16.9. The minimum Gasteiger partial charge on any atom is -0.497 e. The molecule has 4 N–H and O–H groups in total. The molecule has 0 radical (unpaired) electrons. The van der Waals surface area contributed by atoms with Crippen LogP contribution in [0.3, 0.4) is 0 Å². The Hall–Kier alpha value is -2.34. The van der Waals surface area contributed by atoms with Crippen LogP contribution in [0.2, 0.25) is 0 Å². The van der Waals surface area contributed by atoms with Crippen LogP contribution in [-0.2, 0) is 5.54 Å². The number of nitrogens with one attached hydrogen (secondary N) is 2. The number of hydrogen-bond acceptors (Lipinski definition) is 4. The molecule has 0 aliphatic heterocycles. The topological polar surface area (TPSA) is 92.6 Å². The van der Waals surface area contributed by atoms with Gasteiger partial charge in [0.25, 0.3) is 0 Å². The first kappa shape index (κ1) is 12.4. The summed E-state index contributed by atoms with van der Waals surface area (Å²) in [6.07, 6.45) is 4.92. The number of nitrogens with two attached hydrogens (primary N) is 1. The van der Waals surface area contributed by atoms with E-state index in [-0.39, 0.29) is 5.54 Å². The van der Waals surface area contributed by atoms with E-state index in [1.54, 1.807) is 13.3 Å². The average Bonchev–Trinajstić information content (AvgIpc) is 3.10. The second kappa shape index (κ2) is 4.33. The number of methoxy groups -OCH3 is 1. The van der Waals surface area contributed by atoms with Gasteiger partial charge < -0.3 is 20.4 Å². The van der Waals surface area contributed by atoms with Gasteiger partial charge in [-0.2, -0.15) is 0 Å². The summed E-state index contributed by atoms with van der Waals surface area (Å²) in [6, 6.07) is 5.76. The van der Waals surface area contributed by atoms with Gasteiger partial charge in [-0.25, -0.2) is 9.97 Å². The molecule has 3 aromatic rings. The van der Waals surface area contributed by atoms with Crippen LogP contribution in [0.25, 0.3) is 22.6 Å². The number of rotatable bonds is 3. The first-order valence-electron chi connectivity index (χ1n) is 7.06. The van der Waals surface area contributed by atoms with E-state index in [0.29, 0.717) is 0 Å². The highest BCUT2D eigenvalue weighted by Gasteiger charge is 2.37. The molecular weight excluding hydrogens is 266 g/mol. The standard InChI is InChI=1S/C15H17N5O/c1-21-9-3-4-10-11(7-9)19-13(18-10)12-8-17-14(20-12)15(16)5-2-6-15/h3-4,7-8H,2,5-6,16H2,1H3,(H,17,20)(H,18,19). The number of fused-ring (bicyclic) bond motifs is 1. The van der Waals surface area contributed by atoms with E-state index in [9.17, 15) is 0 Å². The number of imidazole rings is 2. The summed E-state index contributed by atoms with van der Waals surface area (Å²) in [5.41, 5.74) is 8.69. The molecule has 0 amide bonds. The zero-order valence-electron chi connectivity index (χ0n) is 11.8. The van der Waals surface area contributed by atoms with Crippen molar-refractivity contribution in [3.05, 3.63) is 30.2 Å². The summed E-state index contributed by atoms with van der Waals surface area (Å²) in [5, 5.41) is 0. The third kappa shape index (κ3) is 1.91. The molecule has 1 fully saturated rings. The fraction of sp³-hybridized carbons (Fsp3) is 0.333. The van der Waals surface area contributed by atoms with Crippen LogP contribution in [-0.4, -0.2) is 27.0 Å². The second-order valence-electron chi connectivity index (χ2n) is 5.62. The molecule has 1 aliphatic carbocycles. The summed E-state index contributed by atoms with van der Waals surface area (Å²) in [5.74, 6) is 2.42. The third-order valence-electron chi connectivity index (χ3n) is 4.24. The van der Waals surface area contributed by atoms with Crippen molar-refractivity contribution in [3.8, 4) is 17.3 Å². The largest absolute Gasteiger partial charge is 0.497 e. The highest BCUT2D eigenvalue weighted by atomic mass is 16.5. The number of benzene rings is 1. The Labute approximate surface area is 121 Å². The van der Waals surface area contributed by atoms with Gasteiger partial charge >= 0.3 is 0 Å². The Morgan fingerprint density at radius 3 is 2.86 bits per heavy atom. The maximum absolute atomic E-state index is 6.29. The summed E-state index contributed by atoms with van der Waals surface area (Å²) < 4.78 is 5.22. The van der Waals surface area contributed by atoms with Gasteiger partial charge in [-0.1, -0.05) is 0 Å². The molecule has 108 valence electrons. The molecule has 2 aromatic heterocycles. The molecule has 0 unspecified atom stereocenters. The van der Waals surface area contributed by atoms with Crippen LogP contribution in [0.15, 0.2) is 24.4 Å². The predicted octanol–water partition coefficient (Wildman–Crippen LogP) is 2.30. The Morgan fingerprint density at radius 2 is 2.14 bits per heavy atom. The van der Waals surface area contributed by atoms with Gasteiger partial charge in [-0.15, -0.1) is 0 Å². The van der Waals surface area contributed by atoms with Gasteiger partial charge in [0.2, 0.25) is 0 Å². The molecule has 2 heterocycles. The van der Waals surface area contributed by atoms with E-state index in [0.717, 1.165) is 53.4 Å². The van der Waals surface area contributed by atoms with E-state index < -0.39 is 0 Å². The molecule has 1 saturated carbocycles. The molecule has 0 bridgehead atoms. The molecule has 0 saturated heterocycles. The Kier molecular flexibility index (Phi) is 2.56. The highest BCUT2D eigenvalue weighted by molar-refractivity contribution is 5.80. The zero-order chi connectivity index (χ0) is 14.4. The van der Waals surface area contributed by atoms with Crippen LogP contribution in [0, 0.1) is 0 Å². The SMILES string of the molecule is COc1ccc2nc(-c3cnc(C4(N)CCC4)[nH]3)[nH]c2c1. The van der Waals surface area contributed by atoms with Crippen molar-refractivity contribution in [2.24, 2.45) is 5.73 Å². The first-order chi connectivity index (χ1) is 10.2. The monoisotopic (exact) mass is 283 g/mol. The Morgan fingerprint density at radius 1 is 1.29 bits per heavy atom. The van der Waals surface area contributed by atoms with E-state index in [4.69, 9.17) is 10.5 Å². The molecule has 1 aliphatic rings. The third-order valence-corrected chi connectivity index (χ3v) is 4.24. The van der Waals surface area contributed by atoms with Crippen molar-refractivity contribution in [1.82, 2.24) is 19.9 Å². The van der Waals surface area contributed by atoms with E-state index in [1.165, 1.54) is 0 Å². The second-order valence-corrected chi connectivity index (χ2v) is 5.62. The molecule has 6 nitrogen and oxygen atoms in total. The van der Waals surface area contributed by atoms with Crippen LogP contribution in [0.5, 0.6) is 5.75 Å². The lowest BCUT2D eigenvalue weighted by atomic mass is 9.77. The lowest BCUT2D eigenvalue weighted by Crippen LogP contribution is -2.44. The minimum absolute atomic E-state index is 0.284. The van der Waals surface area contributed by atoms with Gasteiger partial charge in [0.15, 0.2) is 5.82 Å². The quantitative estimate of drug-likeness (QED) is 0.687. The van der Waals surface area contributed by atoms with Gasteiger partial charge in [-0.3, -0.25) is 0 Å². The van der Waals surface area contributed by atoms with Crippen LogP contribution in [0.1, 0.15) is 25.1 Å². The molecule has 1 aromatic carbocycles. The summed E-state index contributed by atoms with van der Waals surface area (Å²) in [6.45, 7) is 0. The number of H-pyrrole nitrogens is 2. The van der Waals surface area contributed by atoms with Gasteiger partial charge in [-0.05, 0) is 31.4 Å². The van der Waals surface area contributed by atoms with Crippen molar-refractivity contribution in [1.29, 1.82) is 0 Å². The number of aromatic amines is 2. The fourth-order valence-electron chi connectivity index (χ4n) is 2.73. The van der Waals surface area contributed by atoms with Crippen molar-refractivity contribution in [2.75, 3.05) is 7.11 Å². The average molecular weight is 283 g/mol. The predicted molar refractivity (Wildman–Crippen MR) is 79.9 cm³/mol. The van der Waals surface area contributed by atoms with Crippen molar-refractivity contribution >= 4 is 11.0 Å². The highest BCUT2D eigenvalue weighted by Crippen LogP contribution is 2.37. The molecule has 4 rings (SSSR count). The summed E-state index contributed by atoms with van der Waals surface area (Å²) in [4.78, 5) is 15.6. The Balaban J connectivity index is 1.73. The lowest BCUT2D eigenvalue weighted by molar-refractivity contribution is 0.240. The maximum atomic E-state index is 6.29. The summed E-state index contributed by atoms with van der Waals surface area (Å²) >= 11 is 0. The van der Waals surface area contributed by atoms with E-state index in [2.05, 4.69) is 19.9 Å². The molecule has 21 heavy (non-hydrogen) atoms. The first-order valence-corrected chi connectivity index (χ1v) is 7.06. The van der Waals surface area contributed by atoms with Crippen LogP contribution < -0.4 is 10.5 Å². The number of hydrogen-bond donors (Lipinski definition) is 3. The van der Waals surface area contributed by atoms with Crippen LogP contribution in [0.4, 0.5) is 0 Å². The number of ether oxygens (including phenoxy) is 1. The van der Waals surface area contributed by atoms with Gasteiger partial charge in [0.1, 0.15) is 17.3 Å². The molecule has 0 spiro atoms. The number of aromatic nitrogens is 4. The lowest BCUT2D eigenvalue weighted by Gasteiger charge is -2.35. The zero-order valence-corrected chi connectivity index (χ0v) is 11.8. The maximum Gasteiger partial charge on any atom is 0.156 e.